The summed E-state index contributed by atoms with van der Waals surface area (Å²) in [5.41, 5.74) is 1.68. The third-order valence-electron chi connectivity index (χ3n) is 1.95. The predicted molar refractivity (Wildman–Crippen MR) is 49.5 cm³/mol. The summed E-state index contributed by atoms with van der Waals surface area (Å²) in [6.45, 7) is 0. The number of rotatable bonds is 2. The molecule has 1 aromatic carbocycles. The largest absolute Gasteiger partial charge is 0.471 e. The molecular formula is C11H7FO2. The zero-order valence-corrected chi connectivity index (χ0v) is 7.24. The number of halogens is 1. The van der Waals surface area contributed by atoms with Crippen LogP contribution in [0.2, 0.25) is 0 Å². The first-order valence-electron chi connectivity index (χ1n) is 4.08. The Balaban J connectivity index is 2.54. The summed E-state index contributed by atoms with van der Waals surface area (Å²) in [5, 5.41) is 0. The van der Waals surface area contributed by atoms with Gasteiger partial charge in [-0.05, 0) is 17.7 Å². The van der Waals surface area contributed by atoms with E-state index in [4.69, 9.17) is 4.42 Å². The topological polar surface area (TPSA) is 30.2 Å². The molecule has 1 aromatic heterocycles. The third kappa shape index (κ3) is 1.44. The van der Waals surface area contributed by atoms with Crippen LogP contribution in [0.5, 0.6) is 0 Å². The summed E-state index contributed by atoms with van der Waals surface area (Å²) in [5.74, 6) is -0.333. The van der Waals surface area contributed by atoms with Crippen LogP contribution in [0, 0.1) is 5.82 Å². The third-order valence-corrected chi connectivity index (χ3v) is 1.95. The summed E-state index contributed by atoms with van der Waals surface area (Å²) in [6, 6.07) is 6.02. The van der Waals surface area contributed by atoms with Crippen LogP contribution in [0.1, 0.15) is 10.4 Å². The Morgan fingerprint density at radius 1 is 1.29 bits per heavy atom. The maximum absolute atomic E-state index is 12.9. The Labute approximate surface area is 80.0 Å². The monoisotopic (exact) mass is 190 g/mol. The average molecular weight is 190 g/mol. The highest BCUT2D eigenvalue weighted by Gasteiger charge is 2.07. The molecule has 1 heterocycles. The summed E-state index contributed by atoms with van der Waals surface area (Å²) in [4.78, 5) is 10.6. The molecule has 0 saturated heterocycles. The van der Waals surface area contributed by atoms with Crippen molar-refractivity contribution >= 4 is 6.29 Å². The fourth-order valence-electron chi connectivity index (χ4n) is 1.29. The molecule has 2 aromatic rings. The van der Waals surface area contributed by atoms with Crippen molar-refractivity contribution in [3.05, 3.63) is 48.2 Å². The van der Waals surface area contributed by atoms with Crippen molar-refractivity contribution in [2.45, 2.75) is 0 Å². The molecule has 70 valence electrons. The van der Waals surface area contributed by atoms with Crippen molar-refractivity contribution in [1.82, 2.24) is 0 Å². The van der Waals surface area contributed by atoms with Gasteiger partial charge in [-0.1, -0.05) is 12.1 Å². The molecule has 0 N–H and O–H groups in total. The van der Waals surface area contributed by atoms with Crippen LogP contribution < -0.4 is 0 Å². The molecule has 0 aliphatic heterocycles. The lowest BCUT2D eigenvalue weighted by Crippen LogP contribution is -1.82. The number of furan rings is 1. The number of hydrogen-bond acceptors (Lipinski definition) is 2. The van der Waals surface area contributed by atoms with Crippen LogP contribution in [-0.4, -0.2) is 6.29 Å². The second kappa shape index (κ2) is 3.46. The molecule has 0 saturated carbocycles. The fourth-order valence-corrected chi connectivity index (χ4v) is 1.29. The van der Waals surface area contributed by atoms with E-state index in [1.807, 2.05) is 0 Å². The molecule has 2 nitrogen and oxygen atoms in total. The molecule has 2 rings (SSSR count). The van der Waals surface area contributed by atoms with E-state index >= 15 is 0 Å². The smallest absolute Gasteiger partial charge is 0.153 e. The van der Waals surface area contributed by atoms with Crippen LogP contribution in [0.15, 0.2) is 41.2 Å². The summed E-state index contributed by atoms with van der Waals surface area (Å²) >= 11 is 0. The van der Waals surface area contributed by atoms with E-state index in [-0.39, 0.29) is 5.82 Å². The number of carbonyl (C=O) groups is 1. The van der Waals surface area contributed by atoms with Gasteiger partial charge in [-0.3, -0.25) is 4.79 Å². The standard InChI is InChI=1S/C11H7FO2/c12-10-3-1-2-8(4-10)11-7-14-6-9(11)5-13/h1-7H. The van der Waals surface area contributed by atoms with Gasteiger partial charge in [0.15, 0.2) is 6.29 Å². The second-order valence-corrected chi connectivity index (χ2v) is 2.87. The van der Waals surface area contributed by atoms with Crippen molar-refractivity contribution in [3.8, 4) is 11.1 Å². The van der Waals surface area contributed by atoms with Crippen LogP contribution in [0.3, 0.4) is 0 Å². The number of benzene rings is 1. The highest BCUT2D eigenvalue weighted by molar-refractivity contribution is 5.86. The van der Waals surface area contributed by atoms with Crippen LogP contribution >= 0.6 is 0 Å². The minimum Gasteiger partial charge on any atom is -0.471 e. The molecule has 0 fully saturated rings. The summed E-state index contributed by atoms with van der Waals surface area (Å²) in [6.07, 6.45) is 3.45. The van der Waals surface area contributed by atoms with Crippen molar-refractivity contribution < 1.29 is 13.6 Å². The quantitative estimate of drug-likeness (QED) is 0.681. The van der Waals surface area contributed by atoms with Gasteiger partial charge >= 0.3 is 0 Å². The Bertz CT molecular complexity index is 460. The minimum absolute atomic E-state index is 0.333. The normalized spacial score (nSPS) is 10.1. The van der Waals surface area contributed by atoms with Crippen LogP contribution in [-0.2, 0) is 0 Å². The van der Waals surface area contributed by atoms with Gasteiger partial charge in [0.25, 0.3) is 0 Å². The number of carbonyl (C=O) groups excluding carboxylic acids is 1. The second-order valence-electron chi connectivity index (χ2n) is 2.87. The average Bonchev–Trinajstić information content (AvgIpc) is 2.65. The molecule has 0 aliphatic rings. The molecule has 0 bridgehead atoms. The van der Waals surface area contributed by atoms with E-state index in [9.17, 15) is 9.18 Å². The Morgan fingerprint density at radius 2 is 2.14 bits per heavy atom. The molecule has 3 heteroatoms. The molecular weight excluding hydrogens is 183 g/mol. The van der Waals surface area contributed by atoms with E-state index in [1.54, 1.807) is 12.1 Å². The van der Waals surface area contributed by atoms with E-state index in [0.29, 0.717) is 23.0 Å². The summed E-state index contributed by atoms with van der Waals surface area (Å²) in [7, 11) is 0. The van der Waals surface area contributed by atoms with Crippen molar-refractivity contribution in [2.75, 3.05) is 0 Å². The Morgan fingerprint density at radius 3 is 2.86 bits per heavy atom. The minimum atomic E-state index is -0.333. The van der Waals surface area contributed by atoms with Gasteiger partial charge in [0, 0.05) is 5.56 Å². The maximum atomic E-state index is 12.9. The molecule has 0 amide bonds. The van der Waals surface area contributed by atoms with Gasteiger partial charge in [-0.2, -0.15) is 0 Å². The van der Waals surface area contributed by atoms with Gasteiger partial charge in [0.05, 0.1) is 11.8 Å². The van der Waals surface area contributed by atoms with Gasteiger partial charge in [-0.25, -0.2) is 4.39 Å². The fraction of sp³-hybridized carbons (Fsp3) is 0. The zero-order chi connectivity index (χ0) is 9.97. The van der Waals surface area contributed by atoms with Crippen molar-refractivity contribution in [1.29, 1.82) is 0 Å². The van der Waals surface area contributed by atoms with Crippen LogP contribution in [0.25, 0.3) is 11.1 Å². The lowest BCUT2D eigenvalue weighted by molar-refractivity contribution is 0.112. The Kier molecular flexibility index (Phi) is 2.14. The van der Waals surface area contributed by atoms with Gasteiger partial charge in [-0.15, -0.1) is 0 Å². The maximum Gasteiger partial charge on any atom is 0.153 e. The predicted octanol–water partition coefficient (Wildman–Crippen LogP) is 2.90. The first-order valence-corrected chi connectivity index (χ1v) is 4.08. The lowest BCUT2D eigenvalue weighted by Gasteiger charge is -1.97. The highest BCUT2D eigenvalue weighted by atomic mass is 19.1. The van der Waals surface area contributed by atoms with Gasteiger partial charge < -0.3 is 4.42 Å². The number of aldehydes is 1. The lowest BCUT2D eigenvalue weighted by atomic mass is 10.1. The van der Waals surface area contributed by atoms with Gasteiger partial charge in [0.1, 0.15) is 12.1 Å². The molecule has 0 atom stereocenters. The van der Waals surface area contributed by atoms with Crippen molar-refractivity contribution in [2.24, 2.45) is 0 Å². The first kappa shape index (κ1) is 8.69. The molecule has 14 heavy (non-hydrogen) atoms. The first-order chi connectivity index (χ1) is 6.81. The van der Waals surface area contributed by atoms with Crippen molar-refractivity contribution in [3.63, 3.8) is 0 Å². The van der Waals surface area contributed by atoms with E-state index in [0.717, 1.165) is 0 Å². The molecule has 0 aliphatic carbocycles. The van der Waals surface area contributed by atoms with E-state index in [1.165, 1.54) is 24.7 Å². The van der Waals surface area contributed by atoms with Crippen LogP contribution in [0.4, 0.5) is 4.39 Å². The summed E-state index contributed by atoms with van der Waals surface area (Å²) < 4.78 is 17.8. The molecule has 0 unspecified atom stereocenters. The van der Waals surface area contributed by atoms with E-state index < -0.39 is 0 Å². The molecule has 0 radical (unpaired) electrons. The number of hydrogen-bond donors (Lipinski definition) is 0. The Hall–Kier alpha value is -1.90. The zero-order valence-electron chi connectivity index (χ0n) is 7.24. The SMILES string of the molecule is O=Cc1cocc1-c1cccc(F)c1. The van der Waals surface area contributed by atoms with E-state index in [2.05, 4.69) is 0 Å². The highest BCUT2D eigenvalue weighted by Crippen LogP contribution is 2.23. The molecule has 0 spiro atoms. The van der Waals surface area contributed by atoms with Gasteiger partial charge in [0.2, 0.25) is 0 Å².